The van der Waals surface area contributed by atoms with Crippen molar-refractivity contribution in [2.24, 2.45) is 10.9 Å². The van der Waals surface area contributed by atoms with Gasteiger partial charge in [0, 0.05) is 26.6 Å². The quantitative estimate of drug-likeness (QED) is 0.291. The molecule has 0 aromatic heterocycles. The van der Waals surface area contributed by atoms with Crippen molar-refractivity contribution in [2.45, 2.75) is 37.4 Å². The fourth-order valence-corrected chi connectivity index (χ4v) is 4.27. The highest BCUT2D eigenvalue weighted by Gasteiger charge is 2.33. The van der Waals surface area contributed by atoms with E-state index in [4.69, 9.17) is 15.7 Å². The van der Waals surface area contributed by atoms with Gasteiger partial charge in [0.25, 0.3) is 0 Å². The third-order valence-corrected chi connectivity index (χ3v) is 5.77. The molecule has 1 fully saturated rings. The predicted octanol–water partition coefficient (Wildman–Crippen LogP) is 0.344. The van der Waals surface area contributed by atoms with E-state index in [0.717, 1.165) is 25.7 Å². The lowest BCUT2D eigenvalue weighted by Crippen LogP contribution is -2.41. The van der Waals surface area contributed by atoms with E-state index in [1.165, 1.54) is 11.4 Å². The summed E-state index contributed by atoms with van der Waals surface area (Å²) in [5.41, 5.74) is 5.39. The molecule has 19 heavy (non-hydrogen) atoms. The van der Waals surface area contributed by atoms with E-state index in [0.29, 0.717) is 13.2 Å². The number of sulfonamides is 1. The number of nitrogens with zero attached hydrogens (tertiary/aromatic N) is 2. The number of methoxy groups -OCH3 is 1. The molecule has 0 amide bonds. The van der Waals surface area contributed by atoms with Crippen molar-refractivity contribution in [2.75, 3.05) is 26.8 Å². The van der Waals surface area contributed by atoms with E-state index in [9.17, 15) is 8.42 Å². The molecular weight excluding hydrogens is 270 g/mol. The first kappa shape index (κ1) is 16.2. The van der Waals surface area contributed by atoms with Gasteiger partial charge < -0.3 is 15.7 Å². The maximum absolute atomic E-state index is 12.5. The zero-order valence-electron chi connectivity index (χ0n) is 11.3. The summed E-state index contributed by atoms with van der Waals surface area (Å²) in [5.74, 6) is 0.0315. The Hall–Kier alpha value is -0.860. The number of hydrogen-bond acceptors (Lipinski definition) is 5. The predicted molar refractivity (Wildman–Crippen MR) is 72.7 cm³/mol. The second-order valence-corrected chi connectivity index (χ2v) is 6.90. The number of hydrogen-bond donors (Lipinski definition) is 2. The normalized spacial score (nSPS) is 18.3. The van der Waals surface area contributed by atoms with Gasteiger partial charge in [0.15, 0.2) is 0 Å². The molecule has 1 aliphatic rings. The molecule has 112 valence electrons. The second kappa shape index (κ2) is 7.66. The van der Waals surface area contributed by atoms with Gasteiger partial charge >= 0.3 is 0 Å². The van der Waals surface area contributed by atoms with E-state index in [2.05, 4.69) is 5.16 Å². The summed E-state index contributed by atoms with van der Waals surface area (Å²) in [6.45, 7) is 0.855. The molecule has 0 saturated heterocycles. The number of oxime groups is 1. The molecule has 1 rings (SSSR count). The van der Waals surface area contributed by atoms with Crippen LogP contribution in [0.4, 0.5) is 0 Å². The Bertz CT molecular complexity index is 391. The van der Waals surface area contributed by atoms with Crippen molar-refractivity contribution in [3.63, 3.8) is 0 Å². The highest BCUT2D eigenvalue weighted by atomic mass is 32.2. The maximum atomic E-state index is 12.5. The summed E-state index contributed by atoms with van der Waals surface area (Å²) in [6, 6.07) is 0. The van der Waals surface area contributed by atoms with Crippen LogP contribution in [0.3, 0.4) is 0 Å². The molecule has 0 aromatic carbocycles. The number of nitrogens with two attached hydrogens (primary N) is 1. The summed E-state index contributed by atoms with van der Waals surface area (Å²) >= 11 is 0. The van der Waals surface area contributed by atoms with E-state index < -0.39 is 10.0 Å². The largest absolute Gasteiger partial charge is 0.409 e. The fraction of sp³-hybridized carbons (Fsp3) is 0.909. The molecule has 7 nitrogen and oxygen atoms in total. The van der Waals surface area contributed by atoms with E-state index in [1.807, 2.05) is 0 Å². The summed E-state index contributed by atoms with van der Waals surface area (Å²) in [4.78, 5) is 0. The van der Waals surface area contributed by atoms with Crippen molar-refractivity contribution in [3.8, 4) is 0 Å². The SMILES string of the molecule is COCCN(CCC(N)=NO)S(=O)(=O)C1CCCC1. The molecule has 0 unspecified atom stereocenters. The summed E-state index contributed by atoms with van der Waals surface area (Å²) < 4.78 is 31.3. The van der Waals surface area contributed by atoms with Gasteiger partial charge in [-0.2, -0.15) is 4.31 Å². The van der Waals surface area contributed by atoms with E-state index in [-0.39, 0.29) is 24.1 Å². The Balaban J connectivity index is 2.70. The summed E-state index contributed by atoms with van der Waals surface area (Å²) in [6.07, 6.45) is 3.57. The monoisotopic (exact) mass is 293 g/mol. The van der Waals surface area contributed by atoms with Crippen LogP contribution < -0.4 is 5.73 Å². The van der Waals surface area contributed by atoms with Crippen molar-refractivity contribution in [3.05, 3.63) is 0 Å². The van der Waals surface area contributed by atoms with Crippen LogP contribution in [0.2, 0.25) is 0 Å². The lowest BCUT2D eigenvalue weighted by Gasteiger charge is -2.25. The van der Waals surface area contributed by atoms with E-state index >= 15 is 0 Å². The van der Waals surface area contributed by atoms with Crippen molar-refractivity contribution >= 4 is 15.9 Å². The molecule has 0 bridgehead atoms. The zero-order chi connectivity index (χ0) is 14.3. The Morgan fingerprint density at radius 2 is 2.05 bits per heavy atom. The second-order valence-electron chi connectivity index (χ2n) is 4.68. The molecule has 0 atom stereocenters. The van der Waals surface area contributed by atoms with Crippen LogP contribution in [-0.4, -0.2) is 55.8 Å². The van der Waals surface area contributed by atoms with Gasteiger partial charge in [-0.3, -0.25) is 0 Å². The third kappa shape index (κ3) is 4.63. The zero-order valence-corrected chi connectivity index (χ0v) is 12.1. The third-order valence-electron chi connectivity index (χ3n) is 3.37. The molecule has 1 aliphatic carbocycles. The Kier molecular flexibility index (Phi) is 6.53. The van der Waals surface area contributed by atoms with Crippen LogP contribution in [0.15, 0.2) is 5.16 Å². The molecule has 0 radical (unpaired) electrons. The van der Waals surface area contributed by atoms with Gasteiger partial charge in [-0.1, -0.05) is 18.0 Å². The Morgan fingerprint density at radius 3 is 2.58 bits per heavy atom. The topological polar surface area (TPSA) is 105 Å². The minimum Gasteiger partial charge on any atom is -0.409 e. The van der Waals surface area contributed by atoms with Crippen LogP contribution >= 0.6 is 0 Å². The van der Waals surface area contributed by atoms with Gasteiger partial charge in [0.1, 0.15) is 5.84 Å². The number of ether oxygens (including phenoxy) is 1. The van der Waals surface area contributed by atoms with Gasteiger partial charge in [-0.25, -0.2) is 8.42 Å². The van der Waals surface area contributed by atoms with Crippen molar-refractivity contribution < 1.29 is 18.4 Å². The van der Waals surface area contributed by atoms with Crippen LogP contribution in [0, 0.1) is 0 Å². The Morgan fingerprint density at radius 1 is 1.42 bits per heavy atom. The molecule has 1 saturated carbocycles. The fourth-order valence-electron chi connectivity index (χ4n) is 2.25. The Labute approximate surface area is 114 Å². The van der Waals surface area contributed by atoms with Gasteiger partial charge in [0.05, 0.1) is 11.9 Å². The highest BCUT2D eigenvalue weighted by molar-refractivity contribution is 7.89. The van der Waals surface area contributed by atoms with E-state index in [1.54, 1.807) is 0 Å². The van der Waals surface area contributed by atoms with Gasteiger partial charge in [0.2, 0.25) is 10.0 Å². The lowest BCUT2D eigenvalue weighted by molar-refractivity contribution is 0.179. The lowest BCUT2D eigenvalue weighted by atomic mass is 10.4. The van der Waals surface area contributed by atoms with Crippen LogP contribution in [0.25, 0.3) is 0 Å². The van der Waals surface area contributed by atoms with Crippen LogP contribution in [-0.2, 0) is 14.8 Å². The molecule has 0 spiro atoms. The maximum Gasteiger partial charge on any atom is 0.217 e. The molecule has 0 heterocycles. The molecule has 3 N–H and O–H groups in total. The summed E-state index contributed by atoms with van der Waals surface area (Å²) in [7, 11) is -1.78. The smallest absolute Gasteiger partial charge is 0.217 e. The first-order valence-corrected chi connectivity index (χ1v) is 7.97. The van der Waals surface area contributed by atoms with Crippen molar-refractivity contribution in [1.82, 2.24) is 4.31 Å². The first-order chi connectivity index (χ1) is 9.02. The standard InChI is InChI=1S/C11H23N3O4S/c1-18-9-8-14(7-6-11(12)13-15)19(16,17)10-4-2-3-5-10/h10,15H,2-9H2,1H3,(H2,12,13). The van der Waals surface area contributed by atoms with Gasteiger partial charge in [-0.05, 0) is 12.8 Å². The van der Waals surface area contributed by atoms with Crippen molar-refractivity contribution in [1.29, 1.82) is 0 Å². The molecule has 0 aliphatic heterocycles. The average molecular weight is 293 g/mol. The minimum absolute atomic E-state index is 0.0315. The molecule has 0 aromatic rings. The first-order valence-electron chi connectivity index (χ1n) is 6.46. The van der Waals surface area contributed by atoms with Gasteiger partial charge in [-0.15, -0.1) is 0 Å². The number of amidine groups is 1. The molecule has 8 heteroatoms. The number of rotatable bonds is 8. The van der Waals surface area contributed by atoms with Crippen LogP contribution in [0.1, 0.15) is 32.1 Å². The van der Waals surface area contributed by atoms with Crippen LogP contribution in [0.5, 0.6) is 0 Å². The average Bonchev–Trinajstić information content (AvgIpc) is 2.92. The summed E-state index contributed by atoms with van der Waals surface area (Å²) in [5, 5.41) is 11.1. The molecular formula is C11H23N3O4S. The highest BCUT2D eigenvalue weighted by Crippen LogP contribution is 2.27. The minimum atomic E-state index is -3.32.